The van der Waals surface area contributed by atoms with Gasteiger partial charge in [0.2, 0.25) is 5.91 Å². The number of rotatable bonds is 44. The molecule has 3 atom stereocenters. The number of esters is 2. The smallest absolute Gasteiger partial charge is 0.407 e. The van der Waals surface area contributed by atoms with Crippen LogP contribution in [0.25, 0.3) is 0 Å². The molecular weight excluding hydrogens is 819 g/mol. The highest BCUT2D eigenvalue weighted by atomic mass is 32.2. The zero-order chi connectivity index (χ0) is 46.8. The number of carboxylic acid groups (broad SMARTS) is 1. The predicted molar refractivity (Wildman–Crippen MR) is 259 cm³/mol. The molecule has 0 rings (SSSR count). The third-order valence-electron chi connectivity index (χ3n) is 11.1. The monoisotopic (exact) mass is 914 g/mol. The van der Waals surface area contributed by atoms with Gasteiger partial charge in [-0.1, -0.05) is 187 Å². The van der Waals surface area contributed by atoms with E-state index < -0.39 is 47.7 Å². The molecule has 0 spiro atoms. The maximum atomic E-state index is 13.0. The van der Waals surface area contributed by atoms with E-state index in [1.54, 1.807) is 20.8 Å². The van der Waals surface area contributed by atoms with Crippen molar-refractivity contribution >= 4 is 41.7 Å². The number of hydrogen-bond acceptors (Lipinski definition) is 10. The first-order chi connectivity index (χ1) is 30.3. The maximum absolute atomic E-state index is 13.0. The minimum absolute atomic E-state index is 0.115. The van der Waals surface area contributed by atoms with Crippen LogP contribution in [-0.2, 0) is 33.4 Å². The van der Waals surface area contributed by atoms with Crippen molar-refractivity contribution in [1.82, 2.24) is 10.6 Å². The van der Waals surface area contributed by atoms with Crippen LogP contribution in [0.4, 0.5) is 4.79 Å². The molecule has 0 saturated heterocycles. The lowest BCUT2D eigenvalue weighted by atomic mass is 10.0. The summed E-state index contributed by atoms with van der Waals surface area (Å²) >= 11 is 1.26. The largest absolute Gasteiger partial charge is 0.481 e. The van der Waals surface area contributed by atoms with E-state index in [0.717, 1.165) is 38.5 Å². The number of carboxylic acids is 1. The first-order valence-corrected chi connectivity index (χ1v) is 26.6. The Morgan fingerprint density at radius 1 is 0.603 bits per heavy atom. The molecule has 0 radical (unpaired) electrons. The molecular formula is C50H95N3O9S. The van der Waals surface area contributed by atoms with Gasteiger partial charge in [-0.3, -0.25) is 14.4 Å². The number of carbonyl (C=O) groups is 5. The Morgan fingerprint density at radius 3 is 1.46 bits per heavy atom. The molecule has 0 aromatic rings. The highest BCUT2D eigenvalue weighted by molar-refractivity contribution is 7.99. The van der Waals surface area contributed by atoms with E-state index in [-0.39, 0.29) is 43.3 Å². The molecule has 0 heterocycles. The molecule has 0 unspecified atom stereocenters. The summed E-state index contributed by atoms with van der Waals surface area (Å²) in [5.74, 6) is -2.50. The highest BCUT2D eigenvalue weighted by Gasteiger charge is 2.29. The summed E-state index contributed by atoms with van der Waals surface area (Å²) in [7, 11) is 0. The van der Waals surface area contributed by atoms with Crippen molar-refractivity contribution in [3.8, 4) is 0 Å². The van der Waals surface area contributed by atoms with Crippen LogP contribution in [-0.4, -0.2) is 83.5 Å². The van der Waals surface area contributed by atoms with Gasteiger partial charge in [0.1, 0.15) is 24.4 Å². The van der Waals surface area contributed by atoms with Crippen molar-refractivity contribution < 1.29 is 43.3 Å². The zero-order valence-electron chi connectivity index (χ0n) is 40.9. The van der Waals surface area contributed by atoms with Gasteiger partial charge in [0.15, 0.2) is 0 Å². The highest BCUT2D eigenvalue weighted by Crippen LogP contribution is 2.17. The van der Waals surface area contributed by atoms with Crippen LogP contribution in [0.1, 0.15) is 240 Å². The summed E-state index contributed by atoms with van der Waals surface area (Å²) in [6, 6.07) is -2.22. The number of nitrogens with two attached hydrogens (primary N) is 1. The van der Waals surface area contributed by atoms with Crippen molar-refractivity contribution in [2.24, 2.45) is 5.73 Å². The van der Waals surface area contributed by atoms with Crippen LogP contribution >= 0.6 is 11.8 Å². The van der Waals surface area contributed by atoms with Gasteiger partial charge in [-0.05, 0) is 40.0 Å². The normalized spacial score (nSPS) is 12.9. The predicted octanol–water partition coefficient (Wildman–Crippen LogP) is 12.1. The lowest BCUT2D eigenvalue weighted by Crippen LogP contribution is -2.51. The lowest BCUT2D eigenvalue weighted by molar-refractivity contribution is -0.159. The minimum atomic E-state index is -1.17. The van der Waals surface area contributed by atoms with Crippen molar-refractivity contribution in [3.63, 3.8) is 0 Å². The Balaban J connectivity index is 4.73. The molecule has 63 heavy (non-hydrogen) atoms. The van der Waals surface area contributed by atoms with E-state index in [4.69, 9.17) is 25.1 Å². The number of thioether (sulfide) groups is 1. The molecule has 0 fully saturated rings. The molecule has 0 aliphatic heterocycles. The van der Waals surface area contributed by atoms with E-state index in [1.807, 2.05) is 0 Å². The fourth-order valence-corrected chi connectivity index (χ4v) is 8.27. The van der Waals surface area contributed by atoms with Gasteiger partial charge in [0, 0.05) is 30.9 Å². The molecule has 12 nitrogen and oxygen atoms in total. The molecule has 0 aromatic heterocycles. The van der Waals surface area contributed by atoms with Gasteiger partial charge in [0.25, 0.3) is 0 Å². The van der Waals surface area contributed by atoms with Crippen LogP contribution in [0.3, 0.4) is 0 Å². The number of alkyl carbamates (subject to hydrolysis) is 1. The minimum Gasteiger partial charge on any atom is -0.481 e. The first-order valence-electron chi connectivity index (χ1n) is 25.5. The summed E-state index contributed by atoms with van der Waals surface area (Å²) < 4.78 is 16.6. The van der Waals surface area contributed by atoms with E-state index in [1.165, 1.54) is 159 Å². The third kappa shape index (κ3) is 41.9. The van der Waals surface area contributed by atoms with E-state index in [2.05, 4.69) is 24.5 Å². The molecule has 0 aromatic carbocycles. The van der Waals surface area contributed by atoms with Crippen LogP contribution in [0.2, 0.25) is 0 Å². The SMILES string of the molecule is CCCCCCCCCCCCCCCCCCNC(=O)OC[C@H](CSC[C@H](N)C(=O)N[C@@H](CCC(=O)O)C(=O)OC(C)(C)C)OC(=O)CCCCCCCCCCCCCCC. The molecule has 5 N–H and O–H groups in total. The standard InChI is InChI=1S/C50H95N3O9S/c1-6-8-10-12-14-16-18-20-21-22-24-26-28-30-32-34-38-52-49(59)60-39-42(61-46(56)35-33-31-29-27-25-23-19-17-15-13-11-9-7-2)40-63-41-43(51)47(57)53-44(36-37-45(54)55)48(58)62-50(3,4)5/h42-44H,6-41,51H2,1-5H3,(H,52,59)(H,53,57)(H,54,55)/t42-,43+,44+/m1/s1. The Hall–Kier alpha value is -2.54. The fraction of sp³-hybridized carbons (Fsp3) is 0.900. The van der Waals surface area contributed by atoms with Gasteiger partial charge in [-0.25, -0.2) is 9.59 Å². The number of ether oxygens (including phenoxy) is 3. The van der Waals surface area contributed by atoms with Gasteiger partial charge < -0.3 is 35.7 Å². The van der Waals surface area contributed by atoms with Crippen LogP contribution < -0.4 is 16.4 Å². The maximum Gasteiger partial charge on any atom is 0.407 e. The Labute approximate surface area is 388 Å². The molecule has 0 bridgehead atoms. The van der Waals surface area contributed by atoms with E-state index in [0.29, 0.717) is 6.54 Å². The molecule has 0 saturated carbocycles. The van der Waals surface area contributed by atoms with Crippen LogP contribution in [0.5, 0.6) is 0 Å². The summed E-state index contributed by atoms with van der Waals surface area (Å²) in [4.78, 5) is 62.3. The molecule has 0 aliphatic carbocycles. The number of hydrogen-bond donors (Lipinski definition) is 4. The van der Waals surface area contributed by atoms with Crippen molar-refractivity contribution in [2.75, 3.05) is 24.7 Å². The van der Waals surface area contributed by atoms with Gasteiger partial charge in [0.05, 0.1) is 6.04 Å². The molecule has 13 heteroatoms. The zero-order valence-corrected chi connectivity index (χ0v) is 41.7. The van der Waals surface area contributed by atoms with Gasteiger partial charge >= 0.3 is 24.0 Å². The van der Waals surface area contributed by atoms with E-state index >= 15 is 0 Å². The van der Waals surface area contributed by atoms with Gasteiger partial charge in [-0.15, -0.1) is 0 Å². The summed E-state index contributed by atoms with van der Waals surface area (Å²) in [5.41, 5.74) is 5.34. The van der Waals surface area contributed by atoms with Crippen molar-refractivity contribution in [3.05, 3.63) is 0 Å². The average Bonchev–Trinajstić information content (AvgIpc) is 3.23. The number of amides is 2. The van der Waals surface area contributed by atoms with E-state index in [9.17, 15) is 24.0 Å². The number of aliphatic carboxylic acids is 1. The molecule has 2 amide bonds. The number of unbranched alkanes of at least 4 members (excludes halogenated alkanes) is 27. The average molecular weight is 914 g/mol. The summed E-state index contributed by atoms with van der Waals surface area (Å²) in [5, 5.41) is 14.5. The number of nitrogens with one attached hydrogen (secondary N) is 2. The van der Waals surface area contributed by atoms with Crippen molar-refractivity contribution in [2.45, 2.75) is 264 Å². The van der Waals surface area contributed by atoms with Crippen molar-refractivity contribution in [1.29, 1.82) is 0 Å². The second kappa shape index (κ2) is 42.1. The molecule has 370 valence electrons. The summed E-state index contributed by atoms with van der Waals surface area (Å²) in [6.45, 7) is 9.92. The second-order valence-electron chi connectivity index (χ2n) is 18.6. The summed E-state index contributed by atoms with van der Waals surface area (Å²) in [6.07, 6.45) is 34.7. The lowest BCUT2D eigenvalue weighted by Gasteiger charge is -2.25. The number of carbonyl (C=O) groups excluding carboxylic acids is 4. The van der Waals surface area contributed by atoms with Gasteiger partial charge in [-0.2, -0.15) is 11.8 Å². The Bertz CT molecular complexity index is 1150. The fourth-order valence-electron chi connectivity index (χ4n) is 7.30. The molecule has 0 aliphatic rings. The second-order valence-corrected chi connectivity index (χ2v) is 19.7. The third-order valence-corrected chi connectivity index (χ3v) is 12.3. The van der Waals surface area contributed by atoms with Crippen LogP contribution in [0.15, 0.2) is 0 Å². The van der Waals surface area contributed by atoms with Crippen LogP contribution in [0, 0.1) is 0 Å². The Morgan fingerprint density at radius 2 is 1.03 bits per heavy atom. The quantitative estimate of drug-likeness (QED) is 0.0259. The first kappa shape index (κ1) is 60.5. The topological polar surface area (TPSA) is 183 Å². The Kier molecular flexibility index (Phi) is 40.4.